The quantitative estimate of drug-likeness (QED) is 0.911. The molecule has 1 N–H and O–H groups in total. The Hall–Kier alpha value is -1.92. The van der Waals surface area contributed by atoms with Gasteiger partial charge < -0.3 is 14.4 Å². The average molecular weight is 354 g/mol. The Bertz CT molecular complexity index is 743. The summed E-state index contributed by atoms with van der Waals surface area (Å²) in [6.45, 7) is 2.97. The normalized spacial score (nSPS) is 31.7. The molecule has 3 saturated heterocycles. The van der Waals surface area contributed by atoms with Crippen LogP contribution in [0, 0.1) is 0 Å². The van der Waals surface area contributed by atoms with Gasteiger partial charge in [-0.05, 0) is 56.7 Å². The van der Waals surface area contributed by atoms with E-state index in [0.29, 0.717) is 17.8 Å². The number of hydrogen-bond donors (Lipinski definition) is 1. The first-order chi connectivity index (χ1) is 12.7. The van der Waals surface area contributed by atoms with Crippen LogP contribution in [0.5, 0.6) is 0 Å². The lowest BCUT2D eigenvalue weighted by Crippen LogP contribution is -2.49. The Balaban J connectivity index is 1.32. The van der Waals surface area contributed by atoms with E-state index >= 15 is 0 Å². The molecule has 0 aliphatic carbocycles. The van der Waals surface area contributed by atoms with Crippen LogP contribution < -0.4 is 4.90 Å². The zero-order chi connectivity index (χ0) is 17.6. The largest absolute Gasteiger partial charge is 0.466 e. The monoisotopic (exact) mass is 354 g/mol. The van der Waals surface area contributed by atoms with E-state index < -0.39 is 5.60 Å². The van der Waals surface area contributed by atoms with Gasteiger partial charge in [0.1, 0.15) is 11.4 Å². The summed E-state index contributed by atoms with van der Waals surface area (Å²) in [5, 5.41) is 11.1. The summed E-state index contributed by atoms with van der Waals surface area (Å²) >= 11 is 0. The van der Waals surface area contributed by atoms with Gasteiger partial charge in [-0.2, -0.15) is 0 Å². The Morgan fingerprint density at radius 2 is 1.92 bits per heavy atom. The second-order valence-electron chi connectivity index (χ2n) is 8.02. The second-order valence-corrected chi connectivity index (χ2v) is 8.02. The average Bonchev–Trinajstić information content (AvgIpc) is 3.39. The molecule has 0 amide bonds. The Kier molecular flexibility index (Phi) is 3.98. The molecule has 3 atom stereocenters. The van der Waals surface area contributed by atoms with Gasteiger partial charge in [0.05, 0.1) is 12.0 Å². The molecule has 3 fully saturated rings. The van der Waals surface area contributed by atoms with Crippen LogP contribution in [0.1, 0.15) is 50.0 Å². The molecule has 3 aliphatic rings. The van der Waals surface area contributed by atoms with E-state index in [-0.39, 0.29) is 0 Å². The van der Waals surface area contributed by atoms with E-state index in [1.165, 1.54) is 12.8 Å². The minimum absolute atomic E-state index is 0.383. The van der Waals surface area contributed by atoms with E-state index in [0.717, 1.165) is 57.0 Å². The van der Waals surface area contributed by atoms with Crippen LogP contribution in [0.15, 0.2) is 35.1 Å². The Labute approximate surface area is 153 Å². The van der Waals surface area contributed by atoms with Crippen molar-refractivity contribution >= 4 is 5.95 Å². The summed E-state index contributed by atoms with van der Waals surface area (Å²) in [4.78, 5) is 14.1. The standard InChI is InChI=1S/C20H26N4O2/c25-20(18-4-3-11-26-18)12-16-5-6-17(13-20)24(16)14-15-7-8-21-19(22-15)23-9-1-2-10-23/h3-4,7-8,11,16-17,25H,1-2,5-6,9-10,12-14H2/t16-,17+,20?. The van der Waals surface area contributed by atoms with Crippen molar-refractivity contribution in [3.8, 4) is 0 Å². The minimum Gasteiger partial charge on any atom is -0.466 e. The number of furan rings is 1. The van der Waals surface area contributed by atoms with E-state index in [4.69, 9.17) is 9.40 Å². The molecule has 2 aromatic heterocycles. The van der Waals surface area contributed by atoms with Crippen LogP contribution in [-0.2, 0) is 12.1 Å². The van der Waals surface area contributed by atoms with Crippen LogP contribution in [0.25, 0.3) is 0 Å². The first-order valence-electron chi connectivity index (χ1n) is 9.80. The molecule has 0 saturated carbocycles. The van der Waals surface area contributed by atoms with Crippen molar-refractivity contribution in [2.24, 2.45) is 0 Å². The molecule has 5 rings (SSSR count). The van der Waals surface area contributed by atoms with Crippen molar-refractivity contribution in [3.05, 3.63) is 42.1 Å². The van der Waals surface area contributed by atoms with Crippen LogP contribution >= 0.6 is 0 Å². The van der Waals surface area contributed by atoms with Gasteiger partial charge in [0.15, 0.2) is 0 Å². The molecule has 138 valence electrons. The maximum Gasteiger partial charge on any atom is 0.225 e. The summed E-state index contributed by atoms with van der Waals surface area (Å²) in [5.41, 5.74) is 0.264. The third-order valence-electron chi connectivity index (χ3n) is 6.33. The van der Waals surface area contributed by atoms with Crippen LogP contribution in [0.3, 0.4) is 0 Å². The lowest BCUT2D eigenvalue weighted by molar-refractivity contribution is -0.0729. The Morgan fingerprint density at radius 3 is 2.62 bits per heavy atom. The first kappa shape index (κ1) is 16.3. The van der Waals surface area contributed by atoms with Crippen LogP contribution in [0.2, 0.25) is 0 Å². The maximum atomic E-state index is 11.1. The number of piperidine rings is 1. The fourth-order valence-electron chi connectivity index (χ4n) is 5.05. The molecular formula is C20H26N4O2. The Morgan fingerprint density at radius 1 is 1.15 bits per heavy atom. The number of hydrogen-bond acceptors (Lipinski definition) is 6. The highest BCUT2D eigenvalue weighted by Gasteiger charge is 2.49. The van der Waals surface area contributed by atoms with Gasteiger partial charge in [-0.25, -0.2) is 9.97 Å². The molecule has 2 aromatic rings. The number of aliphatic hydroxyl groups is 1. The van der Waals surface area contributed by atoms with Crippen LogP contribution in [-0.4, -0.2) is 45.1 Å². The number of fused-ring (bicyclic) bond motifs is 2. The number of aromatic nitrogens is 2. The molecular weight excluding hydrogens is 328 g/mol. The van der Waals surface area contributed by atoms with Crippen molar-refractivity contribution in [3.63, 3.8) is 0 Å². The van der Waals surface area contributed by atoms with E-state index in [1.807, 2.05) is 24.4 Å². The molecule has 0 radical (unpaired) electrons. The van der Waals surface area contributed by atoms with Gasteiger partial charge in [-0.1, -0.05) is 0 Å². The van der Waals surface area contributed by atoms with Crippen molar-refractivity contribution in [1.29, 1.82) is 0 Å². The fourth-order valence-corrected chi connectivity index (χ4v) is 5.05. The summed E-state index contributed by atoms with van der Waals surface area (Å²) in [6.07, 6.45) is 9.76. The van der Waals surface area contributed by atoms with Crippen molar-refractivity contribution in [2.75, 3.05) is 18.0 Å². The minimum atomic E-state index is -0.821. The number of nitrogens with zero attached hydrogens (tertiary/aromatic N) is 4. The predicted octanol–water partition coefficient (Wildman–Crippen LogP) is 2.68. The molecule has 3 aliphatic heterocycles. The number of rotatable bonds is 4. The molecule has 6 heteroatoms. The topological polar surface area (TPSA) is 65.6 Å². The number of anilines is 1. The molecule has 5 heterocycles. The molecule has 0 spiro atoms. The molecule has 6 nitrogen and oxygen atoms in total. The van der Waals surface area contributed by atoms with Crippen molar-refractivity contribution in [1.82, 2.24) is 14.9 Å². The maximum absolute atomic E-state index is 11.1. The van der Waals surface area contributed by atoms with Gasteiger partial charge in [-0.3, -0.25) is 4.90 Å². The van der Waals surface area contributed by atoms with Crippen molar-refractivity contribution in [2.45, 2.75) is 62.8 Å². The van der Waals surface area contributed by atoms with E-state index in [9.17, 15) is 5.11 Å². The van der Waals surface area contributed by atoms with Gasteiger partial charge >= 0.3 is 0 Å². The lowest BCUT2D eigenvalue weighted by Gasteiger charge is -2.42. The molecule has 1 unspecified atom stereocenters. The van der Waals surface area contributed by atoms with Crippen molar-refractivity contribution < 1.29 is 9.52 Å². The zero-order valence-corrected chi connectivity index (χ0v) is 15.0. The van der Waals surface area contributed by atoms with Gasteiger partial charge in [-0.15, -0.1) is 0 Å². The fraction of sp³-hybridized carbons (Fsp3) is 0.600. The van der Waals surface area contributed by atoms with Crippen LogP contribution in [0.4, 0.5) is 5.95 Å². The first-order valence-corrected chi connectivity index (χ1v) is 9.80. The van der Waals surface area contributed by atoms with E-state index in [1.54, 1.807) is 6.26 Å². The lowest BCUT2D eigenvalue weighted by atomic mass is 9.84. The van der Waals surface area contributed by atoms with Gasteiger partial charge in [0.25, 0.3) is 0 Å². The summed E-state index contributed by atoms with van der Waals surface area (Å²) in [7, 11) is 0. The zero-order valence-electron chi connectivity index (χ0n) is 15.0. The summed E-state index contributed by atoms with van der Waals surface area (Å²) in [5.74, 6) is 1.59. The predicted molar refractivity (Wildman–Crippen MR) is 97.7 cm³/mol. The highest BCUT2D eigenvalue weighted by molar-refractivity contribution is 5.31. The third-order valence-corrected chi connectivity index (χ3v) is 6.33. The van der Waals surface area contributed by atoms with Gasteiger partial charge in [0, 0.05) is 37.9 Å². The highest BCUT2D eigenvalue weighted by Crippen LogP contribution is 2.46. The smallest absolute Gasteiger partial charge is 0.225 e. The molecule has 26 heavy (non-hydrogen) atoms. The summed E-state index contributed by atoms with van der Waals surface area (Å²) < 4.78 is 5.53. The SMILES string of the molecule is OC1(c2ccco2)C[C@H]2CC[C@@H](C1)N2Cc1ccnc(N2CCCC2)n1. The second kappa shape index (κ2) is 6.35. The summed E-state index contributed by atoms with van der Waals surface area (Å²) in [6, 6.07) is 6.57. The van der Waals surface area contributed by atoms with E-state index in [2.05, 4.69) is 14.8 Å². The van der Waals surface area contributed by atoms with Gasteiger partial charge in [0.2, 0.25) is 5.95 Å². The third kappa shape index (κ3) is 2.81. The molecule has 2 bridgehead atoms. The highest BCUT2D eigenvalue weighted by atomic mass is 16.4. The molecule has 0 aromatic carbocycles.